The van der Waals surface area contributed by atoms with Crippen LogP contribution in [-0.2, 0) is 4.65 Å². The normalized spacial score (nSPS) is 7.77. The molecule has 0 aliphatic heterocycles. The summed E-state index contributed by atoms with van der Waals surface area (Å²) in [5.41, 5.74) is 0. The van der Waals surface area contributed by atoms with Gasteiger partial charge in [-0.15, -0.1) is 0 Å². The third kappa shape index (κ3) is 12.4. The van der Waals surface area contributed by atoms with Gasteiger partial charge in [0.05, 0.1) is 0 Å². The summed E-state index contributed by atoms with van der Waals surface area (Å²) in [5, 5.41) is 0. The third-order valence-electron chi connectivity index (χ3n) is 1.16. The molecule has 0 aliphatic rings. The summed E-state index contributed by atoms with van der Waals surface area (Å²) in [6.07, 6.45) is 1.04. The van der Waals surface area contributed by atoms with Crippen LogP contribution in [-0.4, -0.2) is 68.2 Å². The molecule has 0 aromatic heterocycles. The monoisotopic (exact) mass is 158 g/mol. The van der Waals surface area contributed by atoms with Gasteiger partial charge < -0.3 is 0 Å². The van der Waals surface area contributed by atoms with Gasteiger partial charge in [0.2, 0.25) is 0 Å². The Morgan fingerprint density at radius 3 is 2.23 bits per heavy atom. The molecule has 13 heavy (non-hydrogen) atoms. The molecule has 0 atom stereocenters. The predicted molar refractivity (Wildman–Crippen MR) is 68.0 cm³/mol. The van der Waals surface area contributed by atoms with Crippen LogP contribution in [0.1, 0.15) is 13.3 Å². The predicted octanol–water partition coefficient (Wildman–Crippen LogP) is -2.55. The van der Waals surface area contributed by atoms with Crippen LogP contribution in [0.4, 0.5) is 0 Å². The van der Waals surface area contributed by atoms with E-state index in [2.05, 4.69) is 6.92 Å². The van der Waals surface area contributed by atoms with Crippen LogP contribution in [0.5, 0.6) is 0 Å². The average molecular weight is 156 g/mol. The van der Waals surface area contributed by atoms with Crippen LogP contribution >= 0.6 is 0 Å². The molecule has 0 unspecified atom stereocenters. The molecule has 52 valence electrons. The van der Waals surface area contributed by atoms with Crippen LogP contribution in [0.2, 0.25) is 0 Å². The van der Waals surface area contributed by atoms with Gasteiger partial charge in [0.25, 0.3) is 0 Å². The fraction of sp³-hybridized carbons (Fsp3) is 1.00. The Hall–Kier alpha value is 0.384. The molecule has 0 heterocycles. The number of hydrogen-bond acceptors (Lipinski definition) is 1. The summed E-state index contributed by atoms with van der Waals surface area (Å²) in [6.45, 7) is 15.5. The van der Waals surface area contributed by atoms with Crippen molar-refractivity contribution in [1.82, 2.24) is 0 Å². The SMILES string of the molecule is [B]B=BB=BB=BB=BOCCC. The fourth-order valence-electron chi connectivity index (χ4n) is 0.608. The Balaban J connectivity index is 3.45. The minimum atomic E-state index is 0.774. The van der Waals surface area contributed by atoms with Gasteiger partial charge in [0.15, 0.2) is 0 Å². The van der Waals surface area contributed by atoms with E-state index in [1.54, 1.807) is 13.7 Å². The van der Waals surface area contributed by atoms with E-state index < -0.39 is 0 Å². The van der Waals surface area contributed by atoms with Gasteiger partial charge in [-0.1, -0.05) is 0 Å². The number of rotatable bonds is 6. The van der Waals surface area contributed by atoms with Crippen LogP contribution < -0.4 is 0 Å². The standard InChI is InChI=1S/C3H7B9O/c1-2-3-13-12-11-10-9-8-7-6-5-4/h2-3H2,1H3. The Morgan fingerprint density at radius 1 is 1.00 bits per heavy atom. The van der Waals surface area contributed by atoms with Gasteiger partial charge in [-0.3, -0.25) is 0 Å². The van der Waals surface area contributed by atoms with Crippen molar-refractivity contribution in [3.8, 4) is 0 Å². The van der Waals surface area contributed by atoms with Gasteiger partial charge in [-0.25, -0.2) is 0 Å². The minimum absolute atomic E-state index is 0.774. The molecule has 0 N–H and O–H groups in total. The molecule has 0 rings (SSSR count). The summed E-state index contributed by atoms with van der Waals surface area (Å²) in [5.74, 6) is 0. The van der Waals surface area contributed by atoms with E-state index in [0.717, 1.165) is 13.0 Å². The van der Waals surface area contributed by atoms with E-state index in [-0.39, 0.29) is 0 Å². The van der Waals surface area contributed by atoms with Crippen molar-refractivity contribution in [3.05, 3.63) is 0 Å². The first-order chi connectivity index (χ1) is 6.41. The summed E-state index contributed by atoms with van der Waals surface area (Å²) < 4.78 is 5.12. The Kier molecular flexibility index (Phi) is 12.8. The molecule has 0 fully saturated rings. The molecule has 0 aliphatic carbocycles. The Bertz CT molecular complexity index is 207. The topological polar surface area (TPSA) is 9.23 Å². The van der Waals surface area contributed by atoms with Crippen LogP contribution in [0.15, 0.2) is 0 Å². The molecule has 0 spiro atoms. The van der Waals surface area contributed by atoms with E-state index in [9.17, 15) is 0 Å². The molecule has 0 saturated carbocycles. The average Bonchev–Trinajstić information content (AvgIpc) is 2.16. The molecular formula is C3H7B9O. The zero-order valence-corrected chi connectivity index (χ0v) is 8.02. The molecule has 10 heteroatoms. The second-order valence-electron chi connectivity index (χ2n) is 2.35. The summed E-state index contributed by atoms with van der Waals surface area (Å²) in [4.78, 5) is 0. The fourth-order valence-corrected chi connectivity index (χ4v) is 0.608. The second kappa shape index (κ2) is 12.4. The maximum atomic E-state index is 5.13. The zero-order valence-electron chi connectivity index (χ0n) is 8.02. The van der Waals surface area contributed by atoms with E-state index in [0.29, 0.717) is 0 Å². The van der Waals surface area contributed by atoms with E-state index in [1.807, 2.05) is 33.5 Å². The third-order valence-corrected chi connectivity index (χ3v) is 1.16. The van der Waals surface area contributed by atoms with Crippen molar-refractivity contribution in [1.29, 1.82) is 0 Å². The molecule has 0 bridgehead atoms. The quantitative estimate of drug-likeness (QED) is 0.304. The molecule has 2 radical (unpaired) electrons. The molecule has 1 nitrogen and oxygen atoms in total. The first-order valence-electron chi connectivity index (χ1n) is 4.40. The van der Waals surface area contributed by atoms with Gasteiger partial charge in [-0.05, 0) is 0 Å². The van der Waals surface area contributed by atoms with Gasteiger partial charge in [-0.2, -0.15) is 0 Å². The maximum absolute atomic E-state index is 5.13. The van der Waals surface area contributed by atoms with Crippen molar-refractivity contribution in [3.63, 3.8) is 0 Å². The summed E-state index contributed by atoms with van der Waals surface area (Å²) >= 11 is 0. The number of hydrogen-bond donors (Lipinski definition) is 0. The summed E-state index contributed by atoms with van der Waals surface area (Å²) in [7, 11) is 6.82. The second-order valence-corrected chi connectivity index (χ2v) is 2.35. The van der Waals surface area contributed by atoms with Crippen molar-refractivity contribution in [2.75, 3.05) is 6.61 Å². The van der Waals surface area contributed by atoms with E-state index in [4.69, 9.17) is 12.4 Å². The Labute approximate surface area is 86.6 Å². The molecule has 0 aromatic rings. The van der Waals surface area contributed by atoms with Gasteiger partial charge >= 0.3 is 86.2 Å². The van der Waals surface area contributed by atoms with Crippen molar-refractivity contribution < 1.29 is 4.65 Å². The van der Waals surface area contributed by atoms with Crippen molar-refractivity contribution >= 4 is 61.6 Å². The zero-order chi connectivity index (χ0) is 9.78. The molecular weight excluding hydrogens is 149 g/mol. The van der Waals surface area contributed by atoms with Crippen molar-refractivity contribution in [2.24, 2.45) is 0 Å². The van der Waals surface area contributed by atoms with Crippen LogP contribution in [0.25, 0.3) is 0 Å². The van der Waals surface area contributed by atoms with Crippen LogP contribution in [0.3, 0.4) is 0 Å². The molecule has 0 amide bonds. The van der Waals surface area contributed by atoms with Gasteiger partial charge in [0.1, 0.15) is 0 Å². The van der Waals surface area contributed by atoms with Crippen molar-refractivity contribution in [2.45, 2.75) is 13.3 Å². The Morgan fingerprint density at radius 2 is 1.62 bits per heavy atom. The van der Waals surface area contributed by atoms with E-state index >= 15 is 0 Å². The van der Waals surface area contributed by atoms with Crippen LogP contribution in [0, 0.1) is 0 Å². The van der Waals surface area contributed by atoms with E-state index in [1.165, 1.54) is 6.69 Å². The molecule has 0 saturated heterocycles. The first-order valence-corrected chi connectivity index (χ1v) is 4.40. The van der Waals surface area contributed by atoms with Gasteiger partial charge in [0, 0.05) is 0 Å². The molecule has 0 aromatic carbocycles. The summed E-state index contributed by atoms with van der Waals surface area (Å²) in [6, 6.07) is 0. The first kappa shape index (κ1) is 13.4.